The maximum Gasteiger partial charge on any atom is 0.265 e. The van der Waals surface area contributed by atoms with Crippen molar-refractivity contribution in [3.05, 3.63) is 44.9 Å². The summed E-state index contributed by atoms with van der Waals surface area (Å²) in [5.74, 6) is 1.36. The highest BCUT2D eigenvalue weighted by Gasteiger charge is 2.26. The second-order valence-corrected chi connectivity index (χ2v) is 8.10. The number of ether oxygens (including phenoxy) is 1. The van der Waals surface area contributed by atoms with Crippen molar-refractivity contribution >= 4 is 53.7 Å². The number of benzene rings is 1. The first-order valence-electron chi connectivity index (χ1n) is 8.85. The molecule has 9 heteroatoms. The van der Waals surface area contributed by atoms with Crippen LogP contribution in [0.5, 0.6) is 5.75 Å². The molecule has 1 saturated heterocycles. The van der Waals surface area contributed by atoms with Crippen LogP contribution in [0.4, 0.5) is 0 Å². The highest BCUT2D eigenvalue weighted by Crippen LogP contribution is 2.25. The van der Waals surface area contributed by atoms with Crippen molar-refractivity contribution in [2.24, 2.45) is 5.92 Å². The number of rotatable bonds is 6. The van der Waals surface area contributed by atoms with Gasteiger partial charge in [0.1, 0.15) is 22.2 Å². The Kier molecular flexibility index (Phi) is 10.6. The molecule has 1 aromatic carbocycles. The fourth-order valence-electron chi connectivity index (χ4n) is 3.24. The van der Waals surface area contributed by atoms with Gasteiger partial charge in [0, 0.05) is 18.1 Å². The highest BCUT2D eigenvalue weighted by molar-refractivity contribution is 7.13. The Morgan fingerprint density at radius 1 is 1.36 bits per heavy atom. The molecule has 3 rings (SSSR count). The molecular weight excluding hydrogens is 441 g/mol. The van der Waals surface area contributed by atoms with Crippen LogP contribution in [0.25, 0.3) is 0 Å². The number of thiazole rings is 1. The number of nitrogens with one attached hydrogen (secondary N) is 1. The molecule has 1 N–H and O–H groups in total. The number of carbonyl (C=O) groups is 1. The minimum atomic E-state index is 0. The first kappa shape index (κ1) is 25.0. The van der Waals surface area contributed by atoms with Crippen molar-refractivity contribution in [2.45, 2.75) is 26.4 Å². The van der Waals surface area contributed by atoms with Crippen molar-refractivity contribution in [3.8, 4) is 5.75 Å². The molecule has 2 aromatic rings. The third-order valence-electron chi connectivity index (χ3n) is 4.51. The highest BCUT2D eigenvalue weighted by atomic mass is 35.5. The number of carbonyl (C=O) groups excluding carboxylic acids is 1. The summed E-state index contributed by atoms with van der Waals surface area (Å²) in [5, 5.41) is 4.70. The number of amides is 1. The smallest absolute Gasteiger partial charge is 0.265 e. The second-order valence-electron chi connectivity index (χ2n) is 6.58. The fraction of sp³-hybridized carbons (Fsp3) is 0.474. The molecule has 1 atom stereocenters. The van der Waals surface area contributed by atoms with E-state index in [1.165, 1.54) is 17.8 Å². The molecule has 1 aliphatic heterocycles. The molecule has 1 amide bonds. The van der Waals surface area contributed by atoms with E-state index in [9.17, 15) is 4.79 Å². The molecule has 28 heavy (non-hydrogen) atoms. The van der Waals surface area contributed by atoms with Gasteiger partial charge in [-0.2, -0.15) is 0 Å². The van der Waals surface area contributed by atoms with Gasteiger partial charge in [-0.25, -0.2) is 4.98 Å². The lowest BCUT2D eigenvalue weighted by molar-refractivity contribution is 0.0678. The van der Waals surface area contributed by atoms with Crippen LogP contribution in [0.3, 0.4) is 0 Å². The Labute approximate surface area is 187 Å². The Balaban J connectivity index is 0.00000196. The lowest BCUT2D eigenvalue weighted by atomic mass is 9.98. The molecule has 1 unspecified atom stereocenters. The van der Waals surface area contributed by atoms with Crippen LogP contribution in [-0.2, 0) is 6.61 Å². The summed E-state index contributed by atoms with van der Waals surface area (Å²) in [6.45, 7) is 4.83. The number of hydrogen-bond acceptors (Lipinski definition) is 5. The average molecular weight is 467 g/mol. The predicted molar refractivity (Wildman–Crippen MR) is 120 cm³/mol. The van der Waals surface area contributed by atoms with Crippen LogP contribution in [0.15, 0.2) is 24.3 Å². The second kappa shape index (κ2) is 11.8. The summed E-state index contributed by atoms with van der Waals surface area (Å²) in [4.78, 5) is 20.1. The van der Waals surface area contributed by atoms with Crippen molar-refractivity contribution in [1.82, 2.24) is 15.2 Å². The molecule has 156 valence electrons. The van der Waals surface area contributed by atoms with Gasteiger partial charge in [-0.1, -0.05) is 11.6 Å². The van der Waals surface area contributed by atoms with Gasteiger partial charge in [-0.15, -0.1) is 36.2 Å². The Hall–Kier alpha value is -1.05. The first-order chi connectivity index (χ1) is 12.6. The first-order valence-corrected chi connectivity index (χ1v) is 10.0. The summed E-state index contributed by atoms with van der Waals surface area (Å²) in [7, 11) is 1.96. The maximum absolute atomic E-state index is 12.9. The van der Waals surface area contributed by atoms with Gasteiger partial charge < -0.3 is 15.0 Å². The van der Waals surface area contributed by atoms with Gasteiger partial charge >= 0.3 is 0 Å². The minimum absolute atomic E-state index is 0. The summed E-state index contributed by atoms with van der Waals surface area (Å²) in [6.07, 6.45) is 2.23. The van der Waals surface area contributed by atoms with Gasteiger partial charge in [0.25, 0.3) is 5.91 Å². The van der Waals surface area contributed by atoms with Crippen LogP contribution < -0.4 is 10.1 Å². The average Bonchev–Trinajstić information content (AvgIpc) is 3.02. The Morgan fingerprint density at radius 3 is 2.75 bits per heavy atom. The largest absolute Gasteiger partial charge is 0.486 e. The Morgan fingerprint density at radius 2 is 2.07 bits per heavy atom. The van der Waals surface area contributed by atoms with E-state index in [2.05, 4.69) is 10.3 Å². The summed E-state index contributed by atoms with van der Waals surface area (Å²) in [6, 6.07) is 7.22. The van der Waals surface area contributed by atoms with Crippen molar-refractivity contribution in [2.75, 3.05) is 26.7 Å². The van der Waals surface area contributed by atoms with Crippen LogP contribution >= 0.6 is 47.8 Å². The maximum atomic E-state index is 12.9. The van der Waals surface area contributed by atoms with Crippen LogP contribution in [0.1, 0.15) is 33.2 Å². The molecule has 0 spiro atoms. The molecule has 2 heterocycles. The standard InChI is InChI=1S/C19H24ClN3O2S.2ClH/c1-13-18(19(24)23-9-3-4-14(11-23)10-21-2)26-17(22-13)12-25-16-7-5-15(20)6-8-16;;/h5-8,14,21H,3-4,9-12H2,1-2H3;2*1H. The van der Waals surface area contributed by atoms with Gasteiger partial charge in [-0.05, 0) is 63.5 Å². The van der Waals surface area contributed by atoms with Crippen LogP contribution in [-0.4, -0.2) is 42.5 Å². The monoisotopic (exact) mass is 465 g/mol. The van der Waals surface area contributed by atoms with E-state index < -0.39 is 0 Å². The van der Waals surface area contributed by atoms with Gasteiger partial charge in [0.2, 0.25) is 0 Å². The molecule has 0 saturated carbocycles. The van der Waals surface area contributed by atoms with Crippen LogP contribution in [0.2, 0.25) is 5.02 Å². The number of nitrogens with zero attached hydrogens (tertiary/aromatic N) is 2. The molecular formula is C19H26Cl3N3O2S. The quantitative estimate of drug-likeness (QED) is 0.676. The zero-order valence-electron chi connectivity index (χ0n) is 15.9. The summed E-state index contributed by atoms with van der Waals surface area (Å²) >= 11 is 7.31. The molecule has 1 fully saturated rings. The molecule has 1 aromatic heterocycles. The molecule has 0 radical (unpaired) electrons. The fourth-order valence-corrected chi connectivity index (χ4v) is 4.31. The van der Waals surface area contributed by atoms with Gasteiger partial charge in [0.15, 0.2) is 0 Å². The number of likely N-dealkylation sites (tertiary alicyclic amines) is 1. The van der Waals surface area contributed by atoms with Gasteiger partial charge in [0.05, 0.1) is 5.69 Å². The molecule has 0 bridgehead atoms. The lowest BCUT2D eigenvalue weighted by Crippen LogP contribution is -2.42. The van der Waals surface area contributed by atoms with E-state index in [-0.39, 0.29) is 30.7 Å². The summed E-state index contributed by atoms with van der Waals surface area (Å²) < 4.78 is 5.75. The summed E-state index contributed by atoms with van der Waals surface area (Å²) in [5.41, 5.74) is 0.783. The van der Waals surface area contributed by atoms with Crippen LogP contribution in [0, 0.1) is 12.8 Å². The zero-order valence-corrected chi connectivity index (χ0v) is 19.1. The van der Waals surface area contributed by atoms with Crippen molar-refractivity contribution in [3.63, 3.8) is 0 Å². The van der Waals surface area contributed by atoms with Gasteiger partial charge in [-0.3, -0.25) is 4.79 Å². The SMILES string of the molecule is CNCC1CCCN(C(=O)c2sc(COc3ccc(Cl)cc3)nc2C)C1.Cl.Cl. The van der Waals surface area contributed by atoms with Crippen molar-refractivity contribution < 1.29 is 9.53 Å². The number of aromatic nitrogens is 1. The zero-order chi connectivity index (χ0) is 18.5. The third kappa shape index (κ3) is 6.49. The normalized spacial score (nSPS) is 16.1. The van der Waals surface area contributed by atoms with E-state index in [0.717, 1.165) is 47.4 Å². The predicted octanol–water partition coefficient (Wildman–Crippen LogP) is 4.60. The van der Waals surface area contributed by atoms with E-state index >= 15 is 0 Å². The number of aryl methyl sites for hydroxylation is 1. The number of halogens is 3. The number of hydrogen-bond donors (Lipinski definition) is 1. The third-order valence-corrected chi connectivity index (χ3v) is 5.88. The van der Waals surface area contributed by atoms with E-state index in [1.54, 1.807) is 12.1 Å². The van der Waals surface area contributed by atoms with E-state index in [4.69, 9.17) is 16.3 Å². The van der Waals surface area contributed by atoms with E-state index in [1.807, 2.05) is 31.0 Å². The minimum Gasteiger partial charge on any atom is -0.486 e. The Bertz CT molecular complexity index is 753. The lowest BCUT2D eigenvalue weighted by Gasteiger charge is -2.32. The molecule has 1 aliphatic rings. The van der Waals surface area contributed by atoms with E-state index in [0.29, 0.717) is 17.5 Å². The topological polar surface area (TPSA) is 54.5 Å². The molecule has 5 nitrogen and oxygen atoms in total. The molecule has 0 aliphatic carbocycles. The number of piperidine rings is 1. The van der Waals surface area contributed by atoms with Crippen molar-refractivity contribution in [1.29, 1.82) is 0 Å².